The van der Waals surface area contributed by atoms with E-state index in [1.54, 1.807) is 6.33 Å². The molecule has 2 aromatic heterocycles. The number of nitrogens with two attached hydrogens (primary N) is 1. The summed E-state index contributed by atoms with van der Waals surface area (Å²) in [6.45, 7) is 0.986. The van der Waals surface area contributed by atoms with Gasteiger partial charge in [-0.3, -0.25) is 14.6 Å². The van der Waals surface area contributed by atoms with E-state index in [-0.39, 0.29) is 24.5 Å². The summed E-state index contributed by atoms with van der Waals surface area (Å²) >= 11 is 0. The fourth-order valence-corrected chi connectivity index (χ4v) is 5.19. The number of nitrogen functional groups attached to an aromatic ring is 1. The third-order valence-corrected chi connectivity index (χ3v) is 7.44. The van der Waals surface area contributed by atoms with E-state index in [1.165, 1.54) is 5.06 Å². The van der Waals surface area contributed by atoms with Crippen molar-refractivity contribution in [3.8, 4) is 0 Å². The Morgan fingerprint density at radius 3 is 2.61 bits per heavy atom. The zero-order chi connectivity index (χ0) is 29.0. The first-order chi connectivity index (χ1) is 19.7. The molecule has 1 saturated heterocycles. The number of hydroxylamine groups is 2. The lowest BCUT2D eigenvalue weighted by molar-refractivity contribution is -0.191. The number of phosphoric acid groups is 1. The number of phosphoric ester groups is 1. The van der Waals surface area contributed by atoms with Gasteiger partial charge in [0.05, 0.1) is 19.0 Å². The topological polar surface area (TPSA) is 198 Å². The van der Waals surface area contributed by atoms with Crippen molar-refractivity contribution in [1.82, 2.24) is 24.6 Å². The molecule has 0 amide bonds. The highest BCUT2D eigenvalue weighted by Crippen LogP contribution is 2.38. The summed E-state index contributed by atoms with van der Waals surface area (Å²) in [5, 5.41) is 14.0. The molecule has 3 atom stereocenters. The number of benzene rings is 1. The molecule has 3 aromatic rings. The molecule has 220 valence electrons. The Morgan fingerprint density at radius 2 is 1.93 bits per heavy atom. The van der Waals surface area contributed by atoms with Gasteiger partial charge in [-0.2, -0.15) is 15.0 Å². The highest BCUT2D eigenvalue weighted by Gasteiger charge is 2.36. The van der Waals surface area contributed by atoms with Crippen LogP contribution in [-0.4, -0.2) is 70.7 Å². The van der Waals surface area contributed by atoms with Gasteiger partial charge in [0.25, 0.3) is 0 Å². The first kappa shape index (κ1) is 29.1. The van der Waals surface area contributed by atoms with Gasteiger partial charge >= 0.3 is 13.8 Å². The molecule has 1 aromatic carbocycles. The maximum Gasteiger partial charge on any atom is 0.527 e. The normalized spacial score (nSPS) is 22.5. The van der Waals surface area contributed by atoms with Crippen LogP contribution in [0.4, 0.5) is 11.8 Å². The molecule has 15 heteroatoms. The number of aliphatic hydroxyl groups excluding tert-OH is 1. The number of aliphatic hydroxyl groups is 1. The van der Waals surface area contributed by atoms with Crippen molar-refractivity contribution < 1.29 is 33.6 Å². The number of hydrogen-bond acceptors (Lipinski definition) is 11. The van der Waals surface area contributed by atoms with Gasteiger partial charge in [0, 0.05) is 25.1 Å². The molecular formula is C26H34N7O7P. The van der Waals surface area contributed by atoms with Crippen LogP contribution in [0, 0.1) is 5.92 Å². The monoisotopic (exact) mass is 587 g/mol. The minimum atomic E-state index is -4.81. The number of carbonyl (C=O) groups excluding carboxylic acids is 1. The highest BCUT2D eigenvalue weighted by molar-refractivity contribution is 7.46. The summed E-state index contributed by atoms with van der Waals surface area (Å²) in [6, 6.07) is 9.29. The summed E-state index contributed by atoms with van der Waals surface area (Å²) in [5.41, 5.74) is 8.30. The van der Waals surface area contributed by atoms with Crippen LogP contribution in [-0.2, 0) is 25.3 Å². The predicted molar refractivity (Wildman–Crippen MR) is 149 cm³/mol. The van der Waals surface area contributed by atoms with E-state index in [2.05, 4.69) is 30.9 Å². The quantitative estimate of drug-likeness (QED) is 0.181. The molecule has 14 nitrogen and oxygen atoms in total. The minimum Gasteiger partial charge on any atom is -0.396 e. The van der Waals surface area contributed by atoms with Crippen LogP contribution < -0.4 is 11.1 Å². The van der Waals surface area contributed by atoms with Gasteiger partial charge in [0.1, 0.15) is 6.04 Å². The summed E-state index contributed by atoms with van der Waals surface area (Å²) in [4.78, 5) is 47.5. The number of carbonyl (C=O) groups is 1. The van der Waals surface area contributed by atoms with Crippen molar-refractivity contribution >= 4 is 36.7 Å². The molecule has 1 saturated carbocycles. The second kappa shape index (κ2) is 12.6. The van der Waals surface area contributed by atoms with Crippen molar-refractivity contribution in [2.45, 2.75) is 56.8 Å². The Morgan fingerprint density at radius 1 is 1.15 bits per heavy atom. The van der Waals surface area contributed by atoms with E-state index in [0.717, 1.165) is 41.8 Å². The SMILES string of the molecule is Nc1nc(NC2CC2)c2ncn([C@H]3C=C[C@@H](CO)C3)c2n1.O=C(OP(=O)(O)O)[C@@H]1CCCN1OCc1ccccc1. The Hall–Kier alpha value is -3.39. The van der Waals surface area contributed by atoms with Crippen LogP contribution in [0.2, 0.25) is 0 Å². The van der Waals surface area contributed by atoms with Gasteiger partial charge in [0.2, 0.25) is 5.95 Å². The van der Waals surface area contributed by atoms with Crippen LogP contribution in [0.5, 0.6) is 0 Å². The van der Waals surface area contributed by atoms with E-state index < -0.39 is 19.8 Å². The highest BCUT2D eigenvalue weighted by atomic mass is 31.2. The molecule has 0 radical (unpaired) electrons. The minimum absolute atomic E-state index is 0.162. The van der Waals surface area contributed by atoms with Crippen molar-refractivity contribution in [1.29, 1.82) is 0 Å². The van der Waals surface area contributed by atoms with Gasteiger partial charge in [-0.05, 0) is 37.7 Å². The first-order valence-electron chi connectivity index (χ1n) is 13.5. The lowest BCUT2D eigenvalue weighted by Gasteiger charge is -2.22. The Balaban J connectivity index is 0.000000165. The van der Waals surface area contributed by atoms with Crippen molar-refractivity contribution in [2.24, 2.45) is 5.92 Å². The maximum absolute atomic E-state index is 11.6. The summed E-state index contributed by atoms with van der Waals surface area (Å²) in [7, 11) is -4.81. The van der Waals surface area contributed by atoms with E-state index in [1.807, 2.05) is 41.0 Å². The molecule has 3 heterocycles. The number of aromatic nitrogens is 4. The Kier molecular flexibility index (Phi) is 8.97. The van der Waals surface area contributed by atoms with Crippen LogP contribution in [0.3, 0.4) is 0 Å². The number of anilines is 2. The Labute approximate surface area is 236 Å². The molecule has 6 N–H and O–H groups in total. The molecule has 0 spiro atoms. The smallest absolute Gasteiger partial charge is 0.396 e. The van der Waals surface area contributed by atoms with E-state index in [9.17, 15) is 14.5 Å². The van der Waals surface area contributed by atoms with Gasteiger partial charge < -0.3 is 25.2 Å². The number of rotatable bonds is 9. The van der Waals surface area contributed by atoms with Crippen molar-refractivity contribution in [3.05, 3.63) is 54.4 Å². The molecule has 2 aliphatic carbocycles. The molecule has 1 aliphatic heterocycles. The molecule has 0 bridgehead atoms. The molecule has 6 rings (SSSR count). The van der Waals surface area contributed by atoms with Crippen LogP contribution >= 0.6 is 7.82 Å². The summed E-state index contributed by atoms with van der Waals surface area (Å²) in [6.07, 6.45) is 10.3. The first-order valence-corrected chi connectivity index (χ1v) is 15.0. The van der Waals surface area contributed by atoms with E-state index in [0.29, 0.717) is 32.0 Å². The van der Waals surface area contributed by atoms with Gasteiger partial charge in [0.15, 0.2) is 17.0 Å². The molecule has 2 fully saturated rings. The van der Waals surface area contributed by atoms with E-state index in [4.69, 9.17) is 20.4 Å². The lowest BCUT2D eigenvalue weighted by Crippen LogP contribution is -2.36. The zero-order valence-electron chi connectivity index (χ0n) is 22.3. The standard InChI is InChI=1S/C14H18N6O.C12H16NO6P/c15-14-18-12(17-9-2-3-9)11-13(19-14)20(7-16-11)10-4-1-8(5-10)6-21;14-12(19-20(15,16)17)11-7-4-8-13(11)18-9-10-5-2-1-3-6-10/h1,4,7-10,21H,2-3,5-6H2,(H3,15,17,18,19);1-3,5-6,11H,4,7-9H2,(H2,15,16,17)/t8-,10+;11-/m10/s1. The average Bonchev–Trinajstić information content (AvgIpc) is 3.31. The fourth-order valence-electron chi connectivity index (χ4n) is 4.83. The van der Waals surface area contributed by atoms with Crippen molar-refractivity contribution in [2.75, 3.05) is 24.2 Å². The third-order valence-electron chi connectivity index (χ3n) is 7.02. The number of fused-ring (bicyclic) bond motifs is 1. The number of imidazole rings is 1. The van der Waals surface area contributed by atoms with Gasteiger partial charge in [-0.25, -0.2) is 14.3 Å². The summed E-state index contributed by atoms with van der Waals surface area (Å²) < 4.78 is 16.8. The zero-order valence-corrected chi connectivity index (χ0v) is 23.2. The molecule has 0 unspecified atom stereocenters. The third kappa shape index (κ3) is 7.67. The van der Waals surface area contributed by atoms with Crippen LogP contribution in [0.1, 0.15) is 43.7 Å². The second-order valence-electron chi connectivity index (χ2n) is 10.3. The van der Waals surface area contributed by atoms with Crippen LogP contribution in [0.25, 0.3) is 11.2 Å². The van der Waals surface area contributed by atoms with Crippen molar-refractivity contribution in [3.63, 3.8) is 0 Å². The lowest BCUT2D eigenvalue weighted by atomic mass is 10.1. The number of hydrogen-bond donors (Lipinski definition) is 5. The van der Waals surface area contributed by atoms with Gasteiger partial charge in [-0.15, -0.1) is 0 Å². The number of nitrogens with zero attached hydrogens (tertiary/aromatic N) is 5. The molecule has 3 aliphatic rings. The largest absolute Gasteiger partial charge is 0.527 e. The number of nitrogens with one attached hydrogen (secondary N) is 1. The van der Waals surface area contributed by atoms with Crippen LogP contribution in [0.15, 0.2) is 48.8 Å². The Bertz CT molecular complexity index is 1430. The number of allylic oxidation sites excluding steroid dienone is 1. The molecular weight excluding hydrogens is 553 g/mol. The summed E-state index contributed by atoms with van der Waals surface area (Å²) in [5.74, 6) is 0.229. The van der Waals surface area contributed by atoms with E-state index >= 15 is 0 Å². The maximum atomic E-state index is 11.6. The average molecular weight is 588 g/mol. The fraction of sp³-hybridized carbons (Fsp3) is 0.462. The predicted octanol–water partition coefficient (Wildman–Crippen LogP) is 2.31. The van der Waals surface area contributed by atoms with Gasteiger partial charge in [-0.1, -0.05) is 42.5 Å². The second-order valence-corrected chi connectivity index (χ2v) is 11.4. The molecule has 41 heavy (non-hydrogen) atoms.